The first kappa shape index (κ1) is 18.5. The maximum atomic E-state index is 12.0. The lowest BCUT2D eigenvalue weighted by molar-refractivity contribution is -0.121. The Balaban J connectivity index is 1.46. The molecular weight excluding hydrogens is 352 g/mol. The van der Waals surface area contributed by atoms with Crippen LogP contribution in [0.15, 0.2) is 29.4 Å². The summed E-state index contributed by atoms with van der Waals surface area (Å²) in [6.45, 7) is 2.56. The highest BCUT2D eigenvalue weighted by Crippen LogP contribution is 2.13. The van der Waals surface area contributed by atoms with Crippen LogP contribution in [0.4, 0.5) is 9.59 Å². The third-order valence-corrected chi connectivity index (χ3v) is 4.12. The summed E-state index contributed by atoms with van der Waals surface area (Å²) in [5.74, 6) is 0.314. The van der Waals surface area contributed by atoms with E-state index in [1.54, 1.807) is 0 Å². The van der Waals surface area contributed by atoms with E-state index in [9.17, 15) is 14.4 Å². The first-order chi connectivity index (χ1) is 13.1. The number of amides is 5. The van der Waals surface area contributed by atoms with Crippen molar-refractivity contribution in [2.24, 2.45) is 5.10 Å². The van der Waals surface area contributed by atoms with E-state index in [4.69, 9.17) is 4.74 Å². The average molecular weight is 374 g/mol. The van der Waals surface area contributed by atoms with Gasteiger partial charge in [0.05, 0.1) is 12.8 Å². The summed E-state index contributed by atoms with van der Waals surface area (Å²) in [4.78, 5) is 36.4. The number of unbranched alkanes of at least 4 members (excludes halogenated alkanes) is 1. The van der Waals surface area contributed by atoms with Gasteiger partial charge in [0.15, 0.2) is 0 Å². The molecule has 1 aromatic rings. The van der Waals surface area contributed by atoms with E-state index in [1.165, 1.54) is 11.1 Å². The molecule has 0 spiro atoms. The van der Waals surface area contributed by atoms with Gasteiger partial charge in [-0.05, 0) is 36.2 Å². The molecule has 144 valence electrons. The smallest absolute Gasteiger partial charge is 0.321 e. The minimum absolute atomic E-state index is 0.226. The molecule has 2 aliphatic heterocycles. The Hall–Kier alpha value is -3.30. The maximum Gasteiger partial charge on any atom is 0.321 e. The van der Waals surface area contributed by atoms with Crippen LogP contribution in [0.1, 0.15) is 25.3 Å². The Morgan fingerprint density at radius 2 is 2.04 bits per heavy atom. The van der Waals surface area contributed by atoms with Gasteiger partial charge >= 0.3 is 12.1 Å². The molecule has 2 heterocycles. The number of carbonyl (C=O) groups excluding carboxylic acids is 3. The Morgan fingerprint density at radius 1 is 1.26 bits per heavy atom. The van der Waals surface area contributed by atoms with Crippen molar-refractivity contribution in [3.8, 4) is 5.75 Å². The normalized spacial score (nSPS) is 20.9. The largest absolute Gasteiger partial charge is 0.494 e. The van der Waals surface area contributed by atoms with Crippen molar-refractivity contribution in [1.82, 2.24) is 26.3 Å². The Kier molecular flexibility index (Phi) is 5.74. The van der Waals surface area contributed by atoms with Gasteiger partial charge in [0.2, 0.25) is 0 Å². The van der Waals surface area contributed by atoms with Gasteiger partial charge < -0.3 is 20.7 Å². The van der Waals surface area contributed by atoms with E-state index >= 15 is 0 Å². The third-order valence-electron chi connectivity index (χ3n) is 4.12. The molecule has 2 fully saturated rings. The predicted molar refractivity (Wildman–Crippen MR) is 97.1 cm³/mol. The molecule has 10 heteroatoms. The molecule has 2 unspecified atom stereocenters. The minimum atomic E-state index is -0.597. The van der Waals surface area contributed by atoms with Gasteiger partial charge in [-0.25, -0.2) is 15.0 Å². The van der Waals surface area contributed by atoms with Gasteiger partial charge in [-0.15, -0.1) is 0 Å². The summed E-state index contributed by atoms with van der Waals surface area (Å²) in [6, 6.07) is 6.50. The zero-order chi connectivity index (χ0) is 19.2. The highest BCUT2D eigenvalue weighted by molar-refractivity contribution is 5.89. The van der Waals surface area contributed by atoms with E-state index in [0.29, 0.717) is 6.61 Å². The fraction of sp³-hybridized carbons (Fsp3) is 0.412. The fourth-order valence-electron chi connectivity index (χ4n) is 2.72. The molecule has 27 heavy (non-hydrogen) atoms. The molecule has 0 bridgehead atoms. The summed E-state index contributed by atoms with van der Waals surface area (Å²) in [7, 11) is 0. The Labute approximate surface area is 156 Å². The number of hydrazone groups is 1. The Bertz CT molecular complexity index is 735. The average Bonchev–Trinajstić information content (AvgIpc) is 3.13. The minimum Gasteiger partial charge on any atom is -0.494 e. The molecule has 5 amide bonds. The zero-order valence-corrected chi connectivity index (χ0v) is 14.9. The number of hydrogen-bond acceptors (Lipinski definition) is 5. The van der Waals surface area contributed by atoms with Crippen LogP contribution in [0.25, 0.3) is 0 Å². The van der Waals surface area contributed by atoms with Crippen molar-refractivity contribution in [3.05, 3.63) is 29.8 Å². The zero-order valence-electron chi connectivity index (χ0n) is 14.9. The van der Waals surface area contributed by atoms with Crippen molar-refractivity contribution in [2.75, 3.05) is 13.2 Å². The third kappa shape index (κ3) is 4.66. The van der Waals surface area contributed by atoms with Crippen LogP contribution < -0.4 is 26.1 Å². The number of nitrogens with zero attached hydrogens (tertiary/aromatic N) is 2. The number of fused-ring (bicyclic) bond motifs is 1. The topological polar surface area (TPSA) is 124 Å². The molecule has 1 aromatic carbocycles. The lowest BCUT2D eigenvalue weighted by Gasteiger charge is -2.19. The van der Waals surface area contributed by atoms with E-state index < -0.39 is 30.3 Å². The first-order valence-corrected chi connectivity index (χ1v) is 8.76. The summed E-state index contributed by atoms with van der Waals surface area (Å²) >= 11 is 0. The van der Waals surface area contributed by atoms with Crippen molar-refractivity contribution in [2.45, 2.75) is 32.1 Å². The van der Waals surface area contributed by atoms with Crippen molar-refractivity contribution in [3.63, 3.8) is 0 Å². The van der Waals surface area contributed by atoms with E-state index in [2.05, 4.69) is 33.4 Å². The molecule has 0 aromatic heterocycles. The lowest BCUT2D eigenvalue weighted by Crippen LogP contribution is -2.47. The fourth-order valence-corrected chi connectivity index (χ4v) is 2.72. The van der Waals surface area contributed by atoms with Gasteiger partial charge in [-0.3, -0.25) is 9.69 Å². The van der Waals surface area contributed by atoms with Crippen LogP contribution in [-0.4, -0.2) is 54.6 Å². The molecule has 0 saturated carbocycles. The molecule has 0 aliphatic carbocycles. The highest BCUT2D eigenvalue weighted by Gasteiger charge is 2.45. The van der Waals surface area contributed by atoms with Crippen LogP contribution in [-0.2, 0) is 4.79 Å². The summed E-state index contributed by atoms with van der Waals surface area (Å²) in [5.41, 5.74) is 3.17. The number of nitrogens with one attached hydrogen (secondary N) is 4. The maximum absolute atomic E-state index is 12.0. The first-order valence-electron chi connectivity index (χ1n) is 8.76. The van der Waals surface area contributed by atoms with Crippen molar-refractivity contribution in [1.29, 1.82) is 0 Å². The van der Waals surface area contributed by atoms with Gasteiger partial charge in [0, 0.05) is 0 Å². The monoisotopic (exact) mass is 374 g/mol. The summed E-state index contributed by atoms with van der Waals surface area (Å²) < 4.78 is 5.58. The second-order valence-electron chi connectivity index (χ2n) is 6.18. The number of ether oxygens (including phenoxy) is 1. The van der Waals surface area contributed by atoms with Crippen molar-refractivity contribution >= 4 is 24.2 Å². The Morgan fingerprint density at radius 3 is 2.78 bits per heavy atom. The van der Waals surface area contributed by atoms with Crippen LogP contribution in [0, 0.1) is 0 Å². The molecule has 3 rings (SSSR count). The number of benzene rings is 1. The standard InChI is InChI=1S/C17H22N6O4/c1-2-3-8-27-12-6-4-11(5-7-12)9-18-22-13(24)10-23-15-14(20-17(23)26)19-16(25)21-15/h4-7,9,14-15H,2-3,8,10H2,1H3,(H,20,26)(H,22,24)(H2,19,21,25)/b18-9+. The highest BCUT2D eigenvalue weighted by atomic mass is 16.5. The van der Waals surface area contributed by atoms with Crippen LogP contribution in [0.5, 0.6) is 5.75 Å². The van der Waals surface area contributed by atoms with E-state index in [1.807, 2.05) is 24.3 Å². The van der Waals surface area contributed by atoms with Gasteiger partial charge in [-0.1, -0.05) is 13.3 Å². The molecule has 10 nitrogen and oxygen atoms in total. The molecule has 0 radical (unpaired) electrons. The number of rotatable bonds is 8. The van der Waals surface area contributed by atoms with E-state index in [0.717, 1.165) is 24.2 Å². The molecule has 2 atom stereocenters. The molecule has 4 N–H and O–H groups in total. The second kappa shape index (κ2) is 8.39. The quantitative estimate of drug-likeness (QED) is 0.297. The van der Waals surface area contributed by atoms with Crippen LogP contribution in [0.2, 0.25) is 0 Å². The van der Waals surface area contributed by atoms with Gasteiger partial charge in [0.1, 0.15) is 24.6 Å². The van der Waals surface area contributed by atoms with E-state index in [-0.39, 0.29) is 6.54 Å². The number of carbonyl (C=O) groups is 3. The summed E-state index contributed by atoms with van der Waals surface area (Å²) in [5, 5.41) is 11.6. The van der Waals surface area contributed by atoms with Crippen LogP contribution in [0.3, 0.4) is 0 Å². The predicted octanol–water partition coefficient (Wildman–Crippen LogP) is 0.306. The van der Waals surface area contributed by atoms with Crippen LogP contribution >= 0.6 is 0 Å². The molecular formula is C17H22N6O4. The van der Waals surface area contributed by atoms with Crippen molar-refractivity contribution < 1.29 is 19.1 Å². The van der Waals surface area contributed by atoms with Gasteiger partial charge in [0.25, 0.3) is 5.91 Å². The SMILES string of the molecule is CCCCOc1ccc(/C=N/NC(=O)CN2C(=O)NC3NC(=O)NC32)cc1. The second-order valence-corrected chi connectivity index (χ2v) is 6.18. The number of urea groups is 2. The van der Waals surface area contributed by atoms with Gasteiger partial charge in [-0.2, -0.15) is 5.10 Å². The molecule has 2 saturated heterocycles. The summed E-state index contributed by atoms with van der Waals surface area (Å²) in [6.07, 6.45) is 2.44. The lowest BCUT2D eigenvalue weighted by atomic mass is 10.2. The molecule has 2 aliphatic rings. The number of hydrogen-bond donors (Lipinski definition) is 4.